The number of nitrogens with zero attached hydrogens (tertiary/aromatic N) is 3. The first-order valence-corrected chi connectivity index (χ1v) is 12.9. The standard InChI is InChI=1S/C29H33N5O3/c1-3-37-24-17-31-27(30)26-25(33-28(34(24)26)21-12-14-22(35)15-13-21)20-10-8-19(9-11-20)16-32-29(36)23-7-5-4-6-18(23)2/h4-11,17,21-22,35H,3,12-16H2,1-2H3,(H2,30,31)(H,32,36). The first kappa shape index (κ1) is 24.8. The molecule has 0 unspecified atom stereocenters. The number of ether oxygens (including phenoxy) is 1. The molecule has 0 saturated heterocycles. The largest absolute Gasteiger partial charge is 0.478 e. The van der Waals surface area contributed by atoms with Crippen LogP contribution in [0, 0.1) is 6.92 Å². The Bertz CT molecular complexity index is 1410. The van der Waals surface area contributed by atoms with Crippen molar-refractivity contribution in [3.8, 4) is 17.1 Å². The van der Waals surface area contributed by atoms with Crippen LogP contribution in [0.4, 0.5) is 5.82 Å². The molecule has 2 aromatic heterocycles. The van der Waals surface area contributed by atoms with Gasteiger partial charge in [0.2, 0.25) is 5.88 Å². The van der Waals surface area contributed by atoms with Gasteiger partial charge in [-0.1, -0.05) is 42.5 Å². The van der Waals surface area contributed by atoms with Crippen molar-refractivity contribution in [3.05, 3.63) is 77.2 Å². The van der Waals surface area contributed by atoms with Gasteiger partial charge in [-0.3, -0.25) is 9.20 Å². The highest BCUT2D eigenvalue weighted by Gasteiger charge is 2.28. The normalized spacial score (nSPS) is 17.6. The lowest BCUT2D eigenvalue weighted by Gasteiger charge is -2.24. The molecule has 1 aliphatic rings. The minimum Gasteiger partial charge on any atom is -0.478 e. The van der Waals surface area contributed by atoms with Crippen LogP contribution in [-0.2, 0) is 6.54 Å². The molecule has 0 radical (unpaired) electrons. The molecule has 0 atom stereocenters. The molecule has 192 valence electrons. The van der Waals surface area contributed by atoms with Crippen molar-refractivity contribution in [1.82, 2.24) is 19.7 Å². The van der Waals surface area contributed by atoms with Gasteiger partial charge in [-0.25, -0.2) is 9.97 Å². The van der Waals surface area contributed by atoms with E-state index in [-0.39, 0.29) is 17.9 Å². The molecular formula is C29H33N5O3. The van der Waals surface area contributed by atoms with Crippen molar-refractivity contribution in [2.75, 3.05) is 12.3 Å². The summed E-state index contributed by atoms with van der Waals surface area (Å²) >= 11 is 0. The fraction of sp³-hybridized carbons (Fsp3) is 0.345. The van der Waals surface area contributed by atoms with Crippen LogP contribution in [0.5, 0.6) is 5.88 Å². The number of carbonyl (C=O) groups is 1. The number of hydrogen-bond donors (Lipinski definition) is 3. The third-order valence-electron chi connectivity index (χ3n) is 7.10. The van der Waals surface area contributed by atoms with Gasteiger partial charge in [0.1, 0.15) is 22.9 Å². The lowest BCUT2D eigenvalue weighted by molar-refractivity contribution is 0.0950. The molecule has 2 aromatic carbocycles. The Morgan fingerprint density at radius 3 is 2.57 bits per heavy atom. The van der Waals surface area contributed by atoms with E-state index in [9.17, 15) is 9.90 Å². The summed E-state index contributed by atoms with van der Waals surface area (Å²) in [6, 6.07) is 15.5. The molecule has 1 amide bonds. The third kappa shape index (κ3) is 5.02. The fourth-order valence-corrected chi connectivity index (χ4v) is 5.09. The fourth-order valence-electron chi connectivity index (χ4n) is 5.09. The number of nitrogens with two attached hydrogens (primary N) is 1. The molecule has 8 heteroatoms. The maximum atomic E-state index is 12.6. The van der Waals surface area contributed by atoms with E-state index < -0.39 is 0 Å². The van der Waals surface area contributed by atoms with Crippen molar-refractivity contribution in [3.63, 3.8) is 0 Å². The SMILES string of the molecule is CCOc1cnc(N)c2c(-c3ccc(CNC(=O)c4ccccc4C)cc3)nc(C3CCC(O)CC3)n12. The summed E-state index contributed by atoms with van der Waals surface area (Å²) in [7, 11) is 0. The Morgan fingerprint density at radius 1 is 1.14 bits per heavy atom. The zero-order chi connectivity index (χ0) is 25.9. The Balaban J connectivity index is 1.45. The first-order chi connectivity index (χ1) is 18.0. The summed E-state index contributed by atoms with van der Waals surface area (Å²) < 4.78 is 7.91. The average Bonchev–Trinajstić information content (AvgIpc) is 3.32. The predicted octanol–water partition coefficient (Wildman–Crippen LogP) is 4.63. The summed E-state index contributed by atoms with van der Waals surface area (Å²) in [5.41, 5.74) is 11.4. The number of nitrogens with one attached hydrogen (secondary N) is 1. The summed E-state index contributed by atoms with van der Waals surface area (Å²) in [5, 5.41) is 13.0. The van der Waals surface area contributed by atoms with Gasteiger partial charge in [-0.05, 0) is 56.7 Å². The van der Waals surface area contributed by atoms with E-state index in [1.165, 1.54) is 0 Å². The summed E-state index contributed by atoms with van der Waals surface area (Å²) in [4.78, 5) is 22.1. The van der Waals surface area contributed by atoms with E-state index in [1.807, 2.05) is 66.8 Å². The van der Waals surface area contributed by atoms with E-state index in [0.717, 1.165) is 59.4 Å². The molecule has 5 rings (SSSR count). The Labute approximate surface area is 216 Å². The van der Waals surface area contributed by atoms with Crippen LogP contribution >= 0.6 is 0 Å². The highest BCUT2D eigenvalue weighted by atomic mass is 16.5. The Hall–Kier alpha value is -3.91. The second kappa shape index (κ2) is 10.6. The molecular weight excluding hydrogens is 466 g/mol. The van der Waals surface area contributed by atoms with Crippen LogP contribution < -0.4 is 15.8 Å². The molecule has 2 heterocycles. The minimum absolute atomic E-state index is 0.0909. The minimum atomic E-state index is -0.251. The van der Waals surface area contributed by atoms with Gasteiger partial charge in [0.25, 0.3) is 5.91 Å². The number of nitrogen functional groups attached to an aromatic ring is 1. The van der Waals surface area contributed by atoms with Crippen molar-refractivity contribution in [1.29, 1.82) is 0 Å². The molecule has 1 saturated carbocycles. The van der Waals surface area contributed by atoms with E-state index in [4.69, 9.17) is 15.5 Å². The van der Waals surface area contributed by atoms with Gasteiger partial charge >= 0.3 is 0 Å². The number of anilines is 1. The molecule has 0 spiro atoms. The molecule has 0 bridgehead atoms. The van der Waals surface area contributed by atoms with Crippen molar-refractivity contribution >= 4 is 17.2 Å². The summed E-state index contributed by atoms with van der Waals surface area (Å²) in [5.74, 6) is 2.00. The Morgan fingerprint density at radius 2 is 1.86 bits per heavy atom. The van der Waals surface area contributed by atoms with Crippen molar-refractivity contribution in [2.45, 2.75) is 58.1 Å². The quantitative estimate of drug-likeness (QED) is 0.341. The number of aryl methyl sites for hydroxylation is 1. The number of aliphatic hydroxyl groups excluding tert-OH is 1. The second-order valence-electron chi connectivity index (χ2n) is 9.62. The summed E-state index contributed by atoms with van der Waals surface area (Å²) in [6.07, 6.45) is 4.61. The molecule has 1 aliphatic carbocycles. The smallest absolute Gasteiger partial charge is 0.251 e. The molecule has 37 heavy (non-hydrogen) atoms. The van der Waals surface area contributed by atoms with Crippen LogP contribution in [0.3, 0.4) is 0 Å². The molecule has 0 aliphatic heterocycles. The van der Waals surface area contributed by atoms with Crippen LogP contribution in [0.15, 0.2) is 54.7 Å². The number of imidazole rings is 1. The topological polar surface area (TPSA) is 115 Å². The lowest BCUT2D eigenvalue weighted by Crippen LogP contribution is -2.23. The number of carbonyl (C=O) groups excluding carboxylic acids is 1. The average molecular weight is 500 g/mol. The highest BCUT2D eigenvalue weighted by molar-refractivity contribution is 5.95. The van der Waals surface area contributed by atoms with Crippen LogP contribution in [0.1, 0.15) is 65.8 Å². The van der Waals surface area contributed by atoms with Crippen LogP contribution in [-0.4, -0.2) is 38.1 Å². The zero-order valence-electron chi connectivity index (χ0n) is 21.3. The number of aliphatic hydroxyl groups is 1. The maximum Gasteiger partial charge on any atom is 0.251 e. The number of benzene rings is 2. The second-order valence-corrected chi connectivity index (χ2v) is 9.62. The lowest BCUT2D eigenvalue weighted by atomic mass is 9.87. The van der Waals surface area contributed by atoms with Crippen LogP contribution in [0.2, 0.25) is 0 Å². The molecule has 8 nitrogen and oxygen atoms in total. The number of hydrogen-bond acceptors (Lipinski definition) is 6. The Kier molecular flexibility index (Phi) is 7.10. The molecule has 4 aromatic rings. The van der Waals surface area contributed by atoms with E-state index in [1.54, 1.807) is 6.20 Å². The monoisotopic (exact) mass is 499 g/mol. The van der Waals surface area contributed by atoms with Crippen LogP contribution in [0.25, 0.3) is 16.8 Å². The highest BCUT2D eigenvalue weighted by Crippen LogP contribution is 2.38. The summed E-state index contributed by atoms with van der Waals surface area (Å²) in [6.45, 7) is 4.79. The van der Waals surface area contributed by atoms with Gasteiger partial charge in [0.05, 0.1) is 18.9 Å². The van der Waals surface area contributed by atoms with Gasteiger partial charge in [0, 0.05) is 23.6 Å². The number of fused-ring (bicyclic) bond motifs is 1. The number of rotatable bonds is 7. The van der Waals surface area contributed by atoms with E-state index in [0.29, 0.717) is 30.4 Å². The zero-order valence-corrected chi connectivity index (χ0v) is 21.3. The molecule has 1 fully saturated rings. The maximum absolute atomic E-state index is 12.6. The number of amides is 1. The molecule has 4 N–H and O–H groups in total. The number of aromatic nitrogens is 3. The predicted molar refractivity (Wildman–Crippen MR) is 144 cm³/mol. The van der Waals surface area contributed by atoms with Gasteiger partial charge in [-0.2, -0.15) is 0 Å². The van der Waals surface area contributed by atoms with Gasteiger partial charge in [-0.15, -0.1) is 0 Å². The van der Waals surface area contributed by atoms with Gasteiger partial charge < -0.3 is 20.9 Å². The first-order valence-electron chi connectivity index (χ1n) is 12.9. The van der Waals surface area contributed by atoms with E-state index in [2.05, 4.69) is 10.3 Å². The van der Waals surface area contributed by atoms with Gasteiger partial charge in [0.15, 0.2) is 0 Å². The van der Waals surface area contributed by atoms with Crippen molar-refractivity contribution in [2.24, 2.45) is 0 Å². The third-order valence-corrected chi connectivity index (χ3v) is 7.10. The van der Waals surface area contributed by atoms with E-state index >= 15 is 0 Å². The van der Waals surface area contributed by atoms with Crippen molar-refractivity contribution < 1.29 is 14.6 Å².